The molecule has 0 saturated carbocycles. The topological polar surface area (TPSA) is 0 Å². The Labute approximate surface area is 62.6 Å². The van der Waals surface area contributed by atoms with Gasteiger partial charge in [-0.3, -0.25) is 0 Å². The van der Waals surface area contributed by atoms with Crippen LogP contribution in [0.15, 0.2) is 23.8 Å². The van der Waals surface area contributed by atoms with Crippen LogP contribution in [0.25, 0.3) is 0 Å². The van der Waals surface area contributed by atoms with Gasteiger partial charge in [-0.05, 0) is 29.7 Å². The first kappa shape index (κ1) is 6.09. The summed E-state index contributed by atoms with van der Waals surface area (Å²) in [7, 11) is 0. The number of hydrogen-bond acceptors (Lipinski definition) is 0. The normalized spacial score (nSPS) is 34.9. The smallest absolute Gasteiger partial charge is 0.0551 e. The summed E-state index contributed by atoms with van der Waals surface area (Å²) in [5.74, 6) is 2.76. The zero-order valence-corrected chi connectivity index (χ0v) is 6.46. The van der Waals surface area contributed by atoms with E-state index in [2.05, 4.69) is 38.5 Å². The molecule has 2 bridgehead atoms. The Balaban J connectivity index is 2.21. The lowest BCUT2D eigenvalue weighted by Crippen LogP contribution is -1.99. The predicted molar refractivity (Wildman–Crippen MR) is 43.1 cm³/mol. The van der Waals surface area contributed by atoms with Crippen molar-refractivity contribution in [2.75, 3.05) is 0 Å². The van der Waals surface area contributed by atoms with Crippen molar-refractivity contribution in [3.63, 3.8) is 0 Å². The van der Waals surface area contributed by atoms with Crippen molar-refractivity contribution in [3.8, 4) is 0 Å². The standard InChI is InChI=1S/C10H12/c1-7(2)10-6-8-3-4-9(10)5-8/h3-6,8-9H,1-2H3/q+1. The van der Waals surface area contributed by atoms with E-state index in [0.717, 1.165) is 0 Å². The summed E-state index contributed by atoms with van der Waals surface area (Å²) in [6, 6.07) is 0. The fourth-order valence-electron chi connectivity index (χ4n) is 1.75. The van der Waals surface area contributed by atoms with Crippen LogP contribution >= 0.6 is 0 Å². The van der Waals surface area contributed by atoms with Crippen molar-refractivity contribution in [2.45, 2.75) is 13.8 Å². The Bertz CT molecular complexity index is 196. The molecule has 2 aliphatic rings. The van der Waals surface area contributed by atoms with Crippen LogP contribution in [-0.2, 0) is 0 Å². The summed E-state index contributed by atoms with van der Waals surface area (Å²) in [6.45, 7) is 4.38. The molecule has 0 spiro atoms. The van der Waals surface area contributed by atoms with E-state index in [1.54, 1.807) is 0 Å². The van der Waals surface area contributed by atoms with Gasteiger partial charge < -0.3 is 0 Å². The van der Waals surface area contributed by atoms with Crippen molar-refractivity contribution < 1.29 is 0 Å². The van der Waals surface area contributed by atoms with Crippen molar-refractivity contribution >= 4 is 0 Å². The Morgan fingerprint density at radius 2 is 2.20 bits per heavy atom. The van der Waals surface area contributed by atoms with Gasteiger partial charge >= 0.3 is 0 Å². The molecule has 0 saturated heterocycles. The monoisotopic (exact) mass is 132 g/mol. The lowest BCUT2D eigenvalue weighted by molar-refractivity contribution is 0.886. The summed E-state index contributed by atoms with van der Waals surface area (Å²) in [5, 5.41) is 0. The van der Waals surface area contributed by atoms with Gasteiger partial charge in [-0.15, -0.1) is 0 Å². The van der Waals surface area contributed by atoms with Crippen LogP contribution in [0, 0.1) is 24.2 Å². The van der Waals surface area contributed by atoms with E-state index >= 15 is 0 Å². The summed E-state index contributed by atoms with van der Waals surface area (Å²) < 4.78 is 0. The minimum atomic E-state index is 0.648. The first-order valence-corrected chi connectivity index (χ1v) is 3.83. The zero-order valence-electron chi connectivity index (χ0n) is 6.46. The second-order valence-corrected chi connectivity index (χ2v) is 3.30. The van der Waals surface area contributed by atoms with Crippen LogP contribution in [0.1, 0.15) is 13.8 Å². The average Bonchev–Trinajstić information content (AvgIpc) is 2.44. The minimum Gasteiger partial charge on any atom is -0.0551 e. The van der Waals surface area contributed by atoms with Crippen LogP contribution in [0.4, 0.5) is 0 Å². The van der Waals surface area contributed by atoms with E-state index in [0.29, 0.717) is 11.8 Å². The van der Waals surface area contributed by atoms with Crippen LogP contribution in [0.5, 0.6) is 0 Å². The average molecular weight is 132 g/mol. The van der Waals surface area contributed by atoms with Gasteiger partial charge in [0, 0.05) is 0 Å². The van der Waals surface area contributed by atoms with Gasteiger partial charge in [0.25, 0.3) is 0 Å². The molecule has 0 nitrogen and oxygen atoms in total. The first-order chi connectivity index (χ1) is 4.77. The van der Waals surface area contributed by atoms with Crippen molar-refractivity contribution in [1.82, 2.24) is 0 Å². The quantitative estimate of drug-likeness (QED) is 0.380. The summed E-state index contributed by atoms with van der Waals surface area (Å²) >= 11 is 0. The summed E-state index contributed by atoms with van der Waals surface area (Å²) in [4.78, 5) is 0. The molecule has 0 aromatic heterocycles. The third kappa shape index (κ3) is 0.716. The number of fused-ring (bicyclic) bond motifs is 2. The molecule has 0 heterocycles. The van der Waals surface area contributed by atoms with Gasteiger partial charge in [0.1, 0.15) is 11.8 Å². The highest BCUT2D eigenvalue weighted by Crippen LogP contribution is 2.40. The molecule has 0 aromatic rings. The van der Waals surface area contributed by atoms with Crippen LogP contribution in [0.3, 0.4) is 0 Å². The Morgan fingerprint density at radius 3 is 2.50 bits per heavy atom. The Morgan fingerprint density at radius 1 is 1.40 bits per heavy atom. The fourth-order valence-corrected chi connectivity index (χ4v) is 1.75. The van der Waals surface area contributed by atoms with Gasteiger partial charge in [0.2, 0.25) is 0 Å². The predicted octanol–water partition coefficient (Wildman–Crippen LogP) is 2.55. The molecule has 0 heteroatoms. The van der Waals surface area contributed by atoms with Crippen LogP contribution in [0.2, 0.25) is 0 Å². The van der Waals surface area contributed by atoms with Crippen molar-refractivity contribution in [2.24, 2.45) is 11.8 Å². The largest absolute Gasteiger partial charge is 0.139 e. The molecule has 0 aliphatic heterocycles. The van der Waals surface area contributed by atoms with Gasteiger partial charge in [-0.1, -0.05) is 13.8 Å². The van der Waals surface area contributed by atoms with E-state index < -0.39 is 0 Å². The van der Waals surface area contributed by atoms with Gasteiger partial charge in [0.15, 0.2) is 0 Å². The maximum atomic E-state index is 2.39. The molecule has 51 valence electrons. The van der Waals surface area contributed by atoms with E-state index in [-0.39, 0.29) is 0 Å². The molecule has 2 atom stereocenters. The maximum absolute atomic E-state index is 2.39. The van der Waals surface area contributed by atoms with Gasteiger partial charge in [0.05, 0.1) is 6.42 Å². The minimum absolute atomic E-state index is 0.648. The second-order valence-electron chi connectivity index (χ2n) is 3.30. The molecular formula is C10H12+. The Kier molecular flexibility index (Phi) is 1.17. The van der Waals surface area contributed by atoms with Gasteiger partial charge in [-0.25, -0.2) is 0 Å². The highest BCUT2D eigenvalue weighted by atomic mass is 14.3. The molecule has 0 N–H and O–H groups in total. The molecule has 0 fully saturated rings. The lowest BCUT2D eigenvalue weighted by Gasteiger charge is -2.06. The molecule has 2 aliphatic carbocycles. The summed E-state index contributed by atoms with van der Waals surface area (Å²) in [5.41, 5.74) is 1.53. The number of rotatable bonds is 1. The van der Waals surface area contributed by atoms with E-state index in [4.69, 9.17) is 0 Å². The second kappa shape index (κ2) is 1.91. The molecular weight excluding hydrogens is 120 g/mol. The third-order valence-electron chi connectivity index (χ3n) is 2.28. The first-order valence-electron chi connectivity index (χ1n) is 3.83. The SMILES string of the molecule is C[C](C)C1=CC2C=CC1[CH+]2. The Hall–Kier alpha value is -0.650. The zero-order chi connectivity index (χ0) is 7.14. The molecule has 2 rings (SSSR count). The molecule has 10 heavy (non-hydrogen) atoms. The lowest BCUT2D eigenvalue weighted by atomic mass is 9.93. The van der Waals surface area contributed by atoms with Crippen molar-refractivity contribution in [3.05, 3.63) is 36.1 Å². The van der Waals surface area contributed by atoms with Crippen molar-refractivity contribution in [1.29, 1.82) is 0 Å². The van der Waals surface area contributed by atoms with Crippen LogP contribution in [-0.4, -0.2) is 0 Å². The van der Waals surface area contributed by atoms with Gasteiger partial charge in [-0.2, -0.15) is 0 Å². The molecule has 2 unspecified atom stereocenters. The number of allylic oxidation sites excluding steroid dienone is 4. The summed E-state index contributed by atoms with van der Waals surface area (Å²) in [6.07, 6.45) is 9.33. The van der Waals surface area contributed by atoms with E-state index in [9.17, 15) is 0 Å². The maximum Gasteiger partial charge on any atom is 0.139 e. The third-order valence-corrected chi connectivity index (χ3v) is 2.28. The van der Waals surface area contributed by atoms with E-state index in [1.807, 2.05) is 0 Å². The molecule has 1 radical (unpaired) electrons. The van der Waals surface area contributed by atoms with Crippen LogP contribution < -0.4 is 0 Å². The highest BCUT2D eigenvalue weighted by molar-refractivity contribution is 5.43. The highest BCUT2D eigenvalue weighted by Gasteiger charge is 2.38. The van der Waals surface area contributed by atoms with E-state index in [1.165, 1.54) is 11.5 Å². The molecule has 0 amide bonds. The number of hydrogen-bond donors (Lipinski definition) is 0. The molecule has 0 aromatic carbocycles. The fraction of sp³-hybridized carbons (Fsp3) is 0.400.